The second kappa shape index (κ2) is 7.69. The number of aromatic amines is 1. The van der Waals surface area contributed by atoms with Gasteiger partial charge in [0, 0.05) is 24.2 Å². The van der Waals surface area contributed by atoms with Crippen molar-refractivity contribution in [2.45, 2.75) is 57.7 Å². The molecular formula is C24H29N7O2. The smallest absolute Gasteiger partial charge is 0.255 e. The van der Waals surface area contributed by atoms with E-state index in [1.807, 2.05) is 13.8 Å². The number of nitrogens with zero attached hydrogens (tertiary/aromatic N) is 5. The number of aryl methyl sites for hydroxylation is 2. The topological polar surface area (TPSA) is 101 Å². The van der Waals surface area contributed by atoms with Crippen LogP contribution in [0, 0.1) is 13.8 Å². The van der Waals surface area contributed by atoms with Crippen molar-refractivity contribution in [3.8, 4) is 0 Å². The maximum atomic E-state index is 12.8. The largest absolute Gasteiger partial charge is 0.371 e. The molecule has 2 aliphatic heterocycles. The summed E-state index contributed by atoms with van der Waals surface area (Å²) in [6.07, 6.45) is 7.56. The Balaban J connectivity index is 1.09. The van der Waals surface area contributed by atoms with Gasteiger partial charge in [-0.05, 0) is 56.7 Å². The van der Waals surface area contributed by atoms with E-state index in [4.69, 9.17) is 9.72 Å². The summed E-state index contributed by atoms with van der Waals surface area (Å²) in [5.74, 6) is 0.883. The minimum Gasteiger partial charge on any atom is -0.371 e. The van der Waals surface area contributed by atoms with Gasteiger partial charge in [-0.1, -0.05) is 6.07 Å². The molecule has 3 aromatic heterocycles. The predicted molar refractivity (Wildman–Crippen MR) is 122 cm³/mol. The van der Waals surface area contributed by atoms with Gasteiger partial charge in [0.15, 0.2) is 0 Å². The summed E-state index contributed by atoms with van der Waals surface area (Å²) in [4.78, 5) is 19.9. The molecule has 6 rings (SSSR count). The maximum Gasteiger partial charge on any atom is 0.255 e. The fourth-order valence-electron chi connectivity index (χ4n) is 5.36. The van der Waals surface area contributed by atoms with E-state index in [9.17, 15) is 4.79 Å². The van der Waals surface area contributed by atoms with Crippen molar-refractivity contribution >= 4 is 11.7 Å². The lowest BCUT2D eigenvalue weighted by atomic mass is 9.91. The Bertz CT molecular complexity index is 1200. The Morgan fingerprint density at radius 1 is 1.33 bits per heavy atom. The second-order valence-electron chi connectivity index (χ2n) is 9.61. The Hall–Kier alpha value is -3.20. The minimum atomic E-state index is -0.120. The molecule has 0 aromatic carbocycles. The van der Waals surface area contributed by atoms with Crippen molar-refractivity contribution in [1.82, 2.24) is 30.3 Å². The van der Waals surface area contributed by atoms with Crippen LogP contribution in [0.2, 0.25) is 0 Å². The van der Waals surface area contributed by atoms with Crippen LogP contribution in [0.5, 0.6) is 0 Å². The van der Waals surface area contributed by atoms with Crippen molar-refractivity contribution in [3.05, 3.63) is 58.3 Å². The van der Waals surface area contributed by atoms with Gasteiger partial charge in [0.05, 0.1) is 43.1 Å². The second-order valence-corrected chi connectivity index (χ2v) is 9.61. The van der Waals surface area contributed by atoms with Gasteiger partial charge in [0.2, 0.25) is 0 Å². The molecular weight excluding hydrogens is 418 g/mol. The predicted octanol–water partition coefficient (Wildman–Crippen LogP) is 2.45. The van der Waals surface area contributed by atoms with Crippen molar-refractivity contribution in [2.75, 3.05) is 24.6 Å². The molecule has 5 heterocycles. The molecule has 0 saturated carbocycles. The molecule has 3 aliphatic rings. The number of carbonyl (C=O) groups is 1. The third kappa shape index (κ3) is 3.60. The number of pyridine rings is 1. The number of aromatic nitrogens is 5. The van der Waals surface area contributed by atoms with Gasteiger partial charge in [0.1, 0.15) is 11.4 Å². The number of H-pyrrole nitrogens is 1. The molecule has 3 aromatic rings. The van der Waals surface area contributed by atoms with Crippen molar-refractivity contribution in [2.24, 2.45) is 0 Å². The molecule has 2 fully saturated rings. The van der Waals surface area contributed by atoms with E-state index in [0.29, 0.717) is 12.1 Å². The third-order valence-electron chi connectivity index (χ3n) is 7.30. The Morgan fingerprint density at radius 2 is 2.21 bits per heavy atom. The van der Waals surface area contributed by atoms with Crippen LogP contribution < -0.4 is 10.2 Å². The van der Waals surface area contributed by atoms with Gasteiger partial charge in [0.25, 0.3) is 5.91 Å². The number of hydrogen-bond acceptors (Lipinski definition) is 6. The zero-order chi connectivity index (χ0) is 22.6. The Morgan fingerprint density at radius 3 is 3.00 bits per heavy atom. The molecule has 33 heavy (non-hydrogen) atoms. The van der Waals surface area contributed by atoms with Crippen LogP contribution in [0.3, 0.4) is 0 Å². The molecule has 1 amide bonds. The van der Waals surface area contributed by atoms with Gasteiger partial charge in [-0.15, -0.1) is 0 Å². The molecule has 172 valence electrons. The molecule has 1 spiro atoms. The SMILES string of the molecule is Cc1nc(N2CC3(CCCO3)C2)ccc1Cn1cc(C(=O)N[C@@H]2CCc3c2n[nH]c3C)cn1. The van der Waals surface area contributed by atoms with Gasteiger partial charge in [-0.3, -0.25) is 14.6 Å². The minimum absolute atomic E-state index is 0.0462. The molecule has 1 aliphatic carbocycles. The Kier molecular flexibility index (Phi) is 4.76. The first kappa shape index (κ1) is 20.4. The van der Waals surface area contributed by atoms with Crippen LogP contribution in [-0.4, -0.2) is 56.2 Å². The molecule has 2 N–H and O–H groups in total. The summed E-state index contributed by atoms with van der Waals surface area (Å²) >= 11 is 0. The van der Waals surface area contributed by atoms with E-state index in [1.165, 1.54) is 5.56 Å². The average Bonchev–Trinajstić information content (AvgIpc) is 3.55. The number of fused-ring (bicyclic) bond motifs is 1. The van der Waals surface area contributed by atoms with Gasteiger partial charge >= 0.3 is 0 Å². The fraction of sp³-hybridized carbons (Fsp3) is 0.500. The highest BCUT2D eigenvalue weighted by Crippen LogP contribution is 2.37. The number of anilines is 1. The van der Waals surface area contributed by atoms with Crippen LogP contribution in [0.1, 0.15) is 63.9 Å². The summed E-state index contributed by atoms with van der Waals surface area (Å²) < 4.78 is 7.72. The first-order valence-electron chi connectivity index (χ1n) is 11.7. The van der Waals surface area contributed by atoms with Crippen LogP contribution in [-0.2, 0) is 17.7 Å². The summed E-state index contributed by atoms with van der Waals surface area (Å²) in [5.41, 5.74) is 5.97. The fourth-order valence-corrected chi connectivity index (χ4v) is 5.36. The number of amides is 1. The number of hydrogen-bond donors (Lipinski definition) is 2. The van der Waals surface area contributed by atoms with Gasteiger partial charge < -0.3 is 15.0 Å². The summed E-state index contributed by atoms with van der Waals surface area (Å²) in [7, 11) is 0. The number of nitrogens with one attached hydrogen (secondary N) is 2. The van der Waals surface area contributed by atoms with Crippen LogP contribution >= 0.6 is 0 Å². The average molecular weight is 448 g/mol. The molecule has 0 bridgehead atoms. The van der Waals surface area contributed by atoms with Gasteiger partial charge in [-0.2, -0.15) is 10.2 Å². The Labute approximate surface area is 192 Å². The highest BCUT2D eigenvalue weighted by molar-refractivity contribution is 5.94. The van der Waals surface area contributed by atoms with Crippen molar-refractivity contribution in [1.29, 1.82) is 0 Å². The summed E-state index contributed by atoms with van der Waals surface area (Å²) in [5, 5.41) is 14.9. The van der Waals surface area contributed by atoms with Crippen LogP contribution in [0.4, 0.5) is 5.82 Å². The van der Waals surface area contributed by atoms with E-state index >= 15 is 0 Å². The van der Waals surface area contributed by atoms with Crippen LogP contribution in [0.25, 0.3) is 0 Å². The standard InChI is InChI=1S/C24H29N7O2/c1-15-17(4-7-21(26-15)30-13-24(14-30)8-3-9-33-24)11-31-12-18(10-25-31)23(32)27-20-6-5-19-16(2)28-29-22(19)20/h4,7,10,12,20H,3,5-6,8-9,11,13-14H2,1-2H3,(H,27,32)(H,28,29)/t20-/m1/s1. The zero-order valence-electron chi connectivity index (χ0n) is 19.1. The highest BCUT2D eigenvalue weighted by atomic mass is 16.5. The van der Waals surface area contributed by atoms with E-state index < -0.39 is 0 Å². The molecule has 1 atom stereocenters. The maximum absolute atomic E-state index is 12.8. The molecule has 9 heteroatoms. The number of ether oxygens (including phenoxy) is 1. The van der Waals surface area contributed by atoms with E-state index in [2.05, 4.69) is 37.6 Å². The summed E-state index contributed by atoms with van der Waals surface area (Å²) in [6.45, 7) is 7.36. The van der Waals surface area contributed by atoms with Crippen molar-refractivity contribution < 1.29 is 9.53 Å². The van der Waals surface area contributed by atoms with E-state index in [1.54, 1.807) is 17.1 Å². The lowest BCUT2D eigenvalue weighted by molar-refractivity contribution is -0.0184. The van der Waals surface area contributed by atoms with E-state index in [0.717, 1.165) is 73.8 Å². The summed E-state index contributed by atoms with van der Waals surface area (Å²) in [6, 6.07) is 4.14. The lowest BCUT2D eigenvalue weighted by Gasteiger charge is -2.47. The van der Waals surface area contributed by atoms with Gasteiger partial charge in [-0.25, -0.2) is 4.98 Å². The monoisotopic (exact) mass is 447 g/mol. The number of carbonyl (C=O) groups excluding carboxylic acids is 1. The number of rotatable bonds is 5. The van der Waals surface area contributed by atoms with Crippen LogP contribution in [0.15, 0.2) is 24.5 Å². The first-order chi connectivity index (χ1) is 16.0. The van der Waals surface area contributed by atoms with E-state index in [-0.39, 0.29) is 17.6 Å². The van der Waals surface area contributed by atoms with Crippen molar-refractivity contribution in [3.63, 3.8) is 0 Å². The molecule has 0 unspecified atom stereocenters. The first-order valence-corrected chi connectivity index (χ1v) is 11.7. The quantitative estimate of drug-likeness (QED) is 0.623. The molecule has 9 nitrogen and oxygen atoms in total. The normalized spacial score (nSPS) is 20.8. The third-order valence-corrected chi connectivity index (χ3v) is 7.30. The highest BCUT2D eigenvalue weighted by Gasteiger charge is 2.46. The zero-order valence-corrected chi connectivity index (χ0v) is 19.1. The molecule has 2 saturated heterocycles. The lowest BCUT2D eigenvalue weighted by Crippen LogP contribution is -2.61. The molecule has 0 radical (unpaired) electrons.